The number of hydrogen-bond acceptors (Lipinski definition) is 2. The van der Waals surface area contributed by atoms with Gasteiger partial charge in [0.05, 0.1) is 0 Å². The molecule has 0 aromatic heterocycles. The Balaban J connectivity index is 0.000000673. The van der Waals surface area contributed by atoms with Crippen LogP contribution in [0.3, 0.4) is 0 Å². The van der Waals surface area contributed by atoms with Crippen molar-refractivity contribution in [3.8, 4) is 0 Å². The van der Waals surface area contributed by atoms with Gasteiger partial charge in [0.1, 0.15) is 0 Å². The quantitative estimate of drug-likeness (QED) is 0.163. The molecule has 2 nitrogen and oxygen atoms in total. The molecule has 1 heterocycles. The van der Waals surface area contributed by atoms with Crippen LogP contribution in [0.25, 0.3) is 11.1 Å². The minimum absolute atomic E-state index is 0. The summed E-state index contributed by atoms with van der Waals surface area (Å²) < 4.78 is 0. The highest BCUT2D eigenvalue weighted by atomic mass is 14.7. The first-order valence-corrected chi connectivity index (χ1v) is 15.6. The van der Waals surface area contributed by atoms with Crippen molar-refractivity contribution in [2.24, 2.45) is 4.99 Å². The lowest BCUT2D eigenvalue weighted by Crippen LogP contribution is -1.99. The molecule has 2 heteroatoms. The minimum atomic E-state index is 0. The van der Waals surface area contributed by atoms with Gasteiger partial charge in [0.2, 0.25) is 0 Å². The third kappa shape index (κ3) is 15.7. The number of hydrogen-bond donors (Lipinski definition) is 1. The Labute approximate surface area is 276 Å². The summed E-state index contributed by atoms with van der Waals surface area (Å²) in [6.07, 6.45) is 13.4. The molecule has 3 aromatic rings. The van der Waals surface area contributed by atoms with Gasteiger partial charge < -0.3 is 5.73 Å². The molecule has 240 valence electrons. The molecule has 0 aliphatic carbocycles. The van der Waals surface area contributed by atoms with Gasteiger partial charge in [-0.05, 0) is 111 Å². The van der Waals surface area contributed by atoms with Crippen LogP contribution in [0.2, 0.25) is 0 Å². The fourth-order valence-electron chi connectivity index (χ4n) is 4.29. The normalized spacial score (nSPS) is 12.2. The first-order chi connectivity index (χ1) is 21.1. The first-order valence-electron chi connectivity index (χ1n) is 15.6. The molecule has 45 heavy (non-hydrogen) atoms. The predicted molar refractivity (Wildman–Crippen MR) is 207 cm³/mol. The maximum Gasteiger partial charge on any atom is 0.0471 e. The molecule has 0 bridgehead atoms. The Morgan fingerprint density at radius 2 is 1.33 bits per heavy atom. The van der Waals surface area contributed by atoms with Gasteiger partial charge in [-0.2, -0.15) is 0 Å². The van der Waals surface area contributed by atoms with Crippen molar-refractivity contribution in [3.63, 3.8) is 0 Å². The summed E-state index contributed by atoms with van der Waals surface area (Å²) in [5.74, 6) is 0. The monoisotopic (exact) mass is 602 g/mol. The average molecular weight is 603 g/mol. The van der Waals surface area contributed by atoms with E-state index in [0.29, 0.717) is 0 Å². The molecule has 0 atom stereocenters. The summed E-state index contributed by atoms with van der Waals surface area (Å²) in [7, 11) is 0. The molecule has 3 aromatic carbocycles. The van der Waals surface area contributed by atoms with Crippen LogP contribution < -0.4 is 5.73 Å². The fraction of sp³-hybridized carbons (Fsp3) is 0.279. The van der Waals surface area contributed by atoms with Crippen molar-refractivity contribution in [2.75, 3.05) is 5.73 Å². The van der Waals surface area contributed by atoms with E-state index >= 15 is 0 Å². The summed E-state index contributed by atoms with van der Waals surface area (Å²) in [6.45, 7) is 24.9. The minimum Gasteiger partial charge on any atom is -0.399 e. The van der Waals surface area contributed by atoms with E-state index in [1.807, 2.05) is 76.4 Å². The molecular formula is C43H58N2. The highest BCUT2D eigenvalue weighted by Gasteiger charge is 2.17. The van der Waals surface area contributed by atoms with Crippen LogP contribution in [-0.2, 0) is 0 Å². The second kappa shape index (κ2) is 23.0. The summed E-state index contributed by atoms with van der Waals surface area (Å²) in [6, 6.07) is 26.8. The third-order valence-corrected chi connectivity index (χ3v) is 6.79. The Hall–Kier alpha value is -4.43. The van der Waals surface area contributed by atoms with Crippen molar-refractivity contribution in [1.82, 2.24) is 0 Å². The molecule has 0 unspecified atom stereocenters. The number of nitrogens with two attached hydrogens (primary N) is 1. The number of benzene rings is 3. The Morgan fingerprint density at radius 3 is 1.78 bits per heavy atom. The van der Waals surface area contributed by atoms with E-state index in [0.717, 1.165) is 41.8 Å². The van der Waals surface area contributed by atoms with E-state index in [2.05, 4.69) is 107 Å². The van der Waals surface area contributed by atoms with E-state index in [9.17, 15) is 0 Å². The fourth-order valence-corrected chi connectivity index (χ4v) is 4.29. The molecule has 1 aliphatic heterocycles. The number of nitrogens with zero attached hydrogens (tertiary/aromatic N) is 1. The van der Waals surface area contributed by atoms with Crippen LogP contribution in [0.1, 0.15) is 90.5 Å². The van der Waals surface area contributed by atoms with Crippen LogP contribution in [-0.4, -0.2) is 5.71 Å². The predicted octanol–water partition coefficient (Wildman–Crippen LogP) is 12.9. The number of anilines is 1. The molecule has 0 spiro atoms. The smallest absolute Gasteiger partial charge is 0.0471 e. The van der Waals surface area contributed by atoms with E-state index in [1.54, 1.807) is 0 Å². The molecule has 0 fully saturated rings. The second-order valence-corrected chi connectivity index (χ2v) is 10.8. The van der Waals surface area contributed by atoms with E-state index in [4.69, 9.17) is 5.73 Å². The van der Waals surface area contributed by atoms with Gasteiger partial charge in [-0.15, -0.1) is 0 Å². The average Bonchev–Trinajstić information content (AvgIpc) is 3.51. The van der Waals surface area contributed by atoms with Crippen LogP contribution >= 0.6 is 0 Å². The lowest BCUT2D eigenvalue weighted by molar-refractivity contribution is 1.19. The Bertz CT molecular complexity index is 1460. The van der Waals surface area contributed by atoms with E-state index in [-0.39, 0.29) is 7.43 Å². The number of aliphatic imine (C=N–C) groups is 1. The third-order valence-electron chi connectivity index (χ3n) is 6.79. The van der Waals surface area contributed by atoms with Crippen molar-refractivity contribution in [3.05, 3.63) is 161 Å². The number of aryl methyl sites for hydroxylation is 2. The zero-order chi connectivity index (χ0) is 32.9. The molecule has 0 amide bonds. The maximum absolute atomic E-state index is 5.46. The molecule has 0 radical (unpaired) electrons. The summed E-state index contributed by atoms with van der Waals surface area (Å²) in [5.41, 5.74) is 18.3. The number of allylic oxidation sites excluding steroid dienone is 9. The van der Waals surface area contributed by atoms with Gasteiger partial charge in [-0.25, -0.2) is 0 Å². The van der Waals surface area contributed by atoms with Crippen molar-refractivity contribution in [2.45, 2.75) is 82.1 Å². The van der Waals surface area contributed by atoms with Crippen LogP contribution in [0.15, 0.2) is 144 Å². The van der Waals surface area contributed by atoms with Gasteiger partial charge in [0.25, 0.3) is 0 Å². The zero-order valence-electron chi connectivity index (χ0n) is 28.5. The van der Waals surface area contributed by atoms with Crippen LogP contribution in [0, 0.1) is 13.8 Å². The highest BCUT2D eigenvalue weighted by Crippen LogP contribution is 2.33. The topological polar surface area (TPSA) is 38.4 Å². The summed E-state index contributed by atoms with van der Waals surface area (Å²) >= 11 is 0. The van der Waals surface area contributed by atoms with Crippen molar-refractivity contribution >= 4 is 22.5 Å². The van der Waals surface area contributed by atoms with Gasteiger partial charge in [0, 0.05) is 24.0 Å². The lowest BCUT2D eigenvalue weighted by Gasteiger charge is -2.13. The standard InChI is InChI=1S/C20H23N.C11H14.C7H9N.C4H8.CH4/c1-6-8-19(18-12-20(14(2)3)21-13-18)16(5)17-10-7-9-15(4)11-17;1-3-7-10(2)11-8-5-4-6-9-11;1-6-3-2-4-7(8)5-6;1-3-4-2;/h7-11,13H,2,5-6,12H2,1,3-4H3;4-9H,3H2,1-2H3;2-5H,8H2,1H3;3-4H,1-2H3;1H4/b19-8+;10-7+;;4-3-;. The maximum atomic E-state index is 5.46. The number of rotatable bonds is 7. The zero-order valence-corrected chi connectivity index (χ0v) is 28.5. The lowest BCUT2D eigenvalue weighted by atomic mass is 9.90. The van der Waals surface area contributed by atoms with Gasteiger partial charge in [0.15, 0.2) is 0 Å². The summed E-state index contributed by atoms with van der Waals surface area (Å²) in [4.78, 5) is 4.49. The second-order valence-electron chi connectivity index (χ2n) is 10.8. The van der Waals surface area contributed by atoms with Gasteiger partial charge in [-0.3, -0.25) is 4.99 Å². The molecule has 0 saturated carbocycles. The SMILES string of the molecule is C.C/C=C\C.C=C(C)C1=NC=C(/C(=C/CC)C(=C)c2cccc(C)c2)C1.CC/C=C(\C)c1ccccc1.Cc1cccc(N)c1. The highest BCUT2D eigenvalue weighted by molar-refractivity contribution is 6.04. The molecule has 0 saturated heterocycles. The van der Waals surface area contributed by atoms with Crippen LogP contribution in [0.4, 0.5) is 5.69 Å². The van der Waals surface area contributed by atoms with E-state index in [1.165, 1.54) is 39.0 Å². The van der Waals surface area contributed by atoms with Gasteiger partial charge >= 0.3 is 0 Å². The largest absolute Gasteiger partial charge is 0.399 e. The Morgan fingerprint density at radius 1 is 0.778 bits per heavy atom. The van der Waals surface area contributed by atoms with Crippen molar-refractivity contribution < 1.29 is 0 Å². The van der Waals surface area contributed by atoms with Gasteiger partial charge in [-0.1, -0.05) is 131 Å². The van der Waals surface area contributed by atoms with Crippen LogP contribution in [0.5, 0.6) is 0 Å². The van der Waals surface area contributed by atoms with E-state index < -0.39 is 0 Å². The summed E-state index contributed by atoms with van der Waals surface area (Å²) in [5, 5.41) is 0. The molecule has 1 aliphatic rings. The molecular weight excluding hydrogens is 544 g/mol. The molecule has 2 N–H and O–H groups in total. The van der Waals surface area contributed by atoms with Crippen molar-refractivity contribution in [1.29, 1.82) is 0 Å². The number of nitrogen functional groups attached to an aromatic ring is 1. The first kappa shape index (κ1) is 40.6. The Kier molecular flexibility index (Phi) is 20.8. The molecule has 4 rings (SSSR count).